The van der Waals surface area contributed by atoms with Crippen molar-refractivity contribution in [3.05, 3.63) is 12.2 Å². The Bertz CT molecular complexity index is 337. The average Bonchev–Trinajstić information content (AvgIpc) is 2.53. The van der Waals surface area contributed by atoms with E-state index in [9.17, 15) is 9.59 Å². The maximum absolute atomic E-state index is 11.0. The lowest BCUT2D eigenvalue weighted by molar-refractivity contribution is -0.145. The Morgan fingerprint density at radius 3 is 2.04 bits per heavy atom. The number of carboxylic acid groups (broad SMARTS) is 1. The molecule has 0 aromatic heterocycles. The number of rotatable bonds is 16. The third-order valence-corrected chi connectivity index (χ3v) is 2.34. The number of hydrogen-bond donors (Lipinski definition) is 3. The summed E-state index contributed by atoms with van der Waals surface area (Å²) in [6.07, 6.45) is 3.01. The van der Waals surface area contributed by atoms with Crippen LogP contribution in [0.15, 0.2) is 12.2 Å². The van der Waals surface area contributed by atoms with E-state index in [1.54, 1.807) is 0 Å². The largest absolute Gasteiger partial charge is 0.478 e. The third kappa shape index (κ3) is 18.4. The van der Waals surface area contributed by atoms with Crippen molar-refractivity contribution >= 4 is 11.9 Å². The normalized spacial score (nSPS) is 11.0. The first-order valence-electron chi connectivity index (χ1n) is 7.44. The molecule has 0 atom stereocenters. The van der Waals surface area contributed by atoms with Gasteiger partial charge in [0.25, 0.3) is 0 Å². The van der Waals surface area contributed by atoms with Crippen LogP contribution in [0.25, 0.3) is 0 Å². The van der Waals surface area contributed by atoms with Crippen LogP contribution in [0, 0.1) is 0 Å². The predicted molar refractivity (Wildman–Crippen MR) is 81.6 cm³/mol. The van der Waals surface area contributed by atoms with Crippen LogP contribution in [0.3, 0.4) is 0 Å². The van der Waals surface area contributed by atoms with Gasteiger partial charge in [-0.25, -0.2) is 9.59 Å². The molecule has 0 saturated carbocycles. The third-order valence-electron chi connectivity index (χ3n) is 2.34. The molecule has 0 aromatic carbocycles. The molecule has 0 saturated heterocycles. The molecule has 0 spiro atoms. The fourth-order valence-corrected chi connectivity index (χ4v) is 1.27. The van der Waals surface area contributed by atoms with E-state index in [1.165, 1.54) is 0 Å². The molecule has 0 unspecified atom stereocenters. The van der Waals surface area contributed by atoms with E-state index in [2.05, 4.69) is 10.3 Å². The van der Waals surface area contributed by atoms with Crippen LogP contribution in [-0.4, -0.2) is 69.8 Å². The quantitative estimate of drug-likeness (QED) is 0.194. The Hall–Kier alpha value is -1.52. The lowest BCUT2D eigenvalue weighted by Crippen LogP contribution is -2.21. The molecule has 0 bridgehead atoms. The second kappa shape index (κ2) is 16.8. The number of carbonyl (C=O) groups is 2. The van der Waals surface area contributed by atoms with E-state index in [-0.39, 0.29) is 0 Å². The Balaban J connectivity index is 3.16. The van der Waals surface area contributed by atoms with Crippen LogP contribution in [0.4, 0.5) is 0 Å². The Morgan fingerprint density at radius 1 is 0.913 bits per heavy atom. The van der Waals surface area contributed by atoms with Crippen LogP contribution < -0.4 is 11.2 Å². The van der Waals surface area contributed by atoms with Gasteiger partial charge in [-0.15, -0.1) is 0 Å². The van der Waals surface area contributed by atoms with Crippen LogP contribution in [0.5, 0.6) is 0 Å². The van der Waals surface area contributed by atoms with Gasteiger partial charge in [0, 0.05) is 31.9 Å². The minimum atomic E-state index is -1.21. The molecule has 0 heterocycles. The summed E-state index contributed by atoms with van der Waals surface area (Å²) < 4.78 is 15.9. The molecule has 134 valence electrons. The fourth-order valence-electron chi connectivity index (χ4n) is 1.27. The zero-order valence-corrected chi connectivity index (χ0v) is 13.2. The van der Waals surface area contributed by atoms with Crippen molar-refractivity contribution in [1.82, 2.24) is 5.48 Å². The first-order chi connectivity index (χ1) is 11.2. The number of nitrogens with one attached hydrogen (secondary N) is 1. The van der Waals surface area contributed by atoms with Crippen LogP contribution in [-0.2, 0) is 28.6 Å². The minimum absolute atomic E-state index is 0.405. The van der Waals surface area contributed by atoms with Gasteiger partial charge < -0.3 is 29.9 Å². The molecule has 0 radical (unpaired) electrons. The SMILES string of the molecule is NCCCOCCOCCOCCCNOC(=O)C=CC(=O)O. The number of aliphatic carboxylic acids is 1. The summed E-state index contributed by atoms with van der Waals surface area (Å²) in [6.45, 7) is 4.21. The van der Waals surface area contributed by atoms with Crippen molar-refractivity contribution in [1.29, 1.82) is 0 Å². The zero-order valence-electron chi connectivity index (χ0n) is 13.2. The van der Waals surface area contributed by atoms with Crippen LogP contribution >= 0.6 is 0 Å². The summed E-state index contributed by atoms with van der Waals surface area (Å²) in [5.74, 6) is -1.98. The van der Waals surface area contributed by atoms with Gasteiger partial charge in [0.2, 0.25) is 0 Å². The summed E-state index contributed by atoms with van der Waals surface area (Å²) in [5.41, 5.74) is 7.74. The van der Waals surface area contributed by atoms with Gasteiger partial charge in [0.1, 0.15) is 0 Å². The second-order valence-electron chi connectivity index (χ2n) is 4.32. The highest BCUT2D eigenvalue weighted by Gasteiger charge is 1.98. The monoisotopic (exact) mass is 334 g/mol. The van der Waals surface area contributed by atoms with Gasteiger partial charge in [-0.05, 0) is 19.4 Å². The van der Waals surface area contributed by atoms with E-state index >= 15 is 0 Å². The van der Waals surface area contributed by atoms with Crippen molar-refractivity contribution in [3.63, 3.8) is 0 Å². The summed E-state index contributed by atoms with van der Waals surface area (Å²) >= 11 is 0. The van der Waals surface area contributed by atoms with Crippen LogP contribution in [0.2, 0.25) is 0 Å². The molecule has 4 N–H and O–H groups in total. The number of carboxylic acids is 1. The van der Waals surface area contributed by atoms with E-state index in [0.717, 1.165) is 12.5 Å². The smallest absolute Gasteiger partial charge is 0.349 e. The topological polar surface area (TPSA) is 129 Å². The number of hydroxylamine groups is 1. The highest BCUT2D eigenvalue weighted by Crippen LogP contribution is 1.86. The Kier molecular flexibility index (Phi) is 15.7. The molecular weight excluding hydrogens is 308 g/mol. The first-order valence-corrected chi connectivity index (χ1v) is 7.44. The molecule has 0 aliphatic heterocycles. The number of hydrogen-bond acceptors (Lipinski definition) is 8. The highest BCUT2D eigenvalue weighted by atomic mass is 16.7. The Morgan fingerprint density at radius 2 is 1.48 bits per heavy atom. The summed E-state index contributed by atoms with van der Waals surface area (Å²) in [4.78, 5) is 25.7. The molecular formula is C14H26N2O7. The molecule has 0 amide bonds. The number of nitrogens with two attached hydrogens (primary N) is 1. The fraction of sp³-hybridized carbons (Fsp3) is 0.714. The lowest BCUT2D eigenvalue weighted by Gasteiger charge is -2.07. The maximum atomic E-state index is 11.0. The average molecular weight is 334 g/mol. The van der Waals surface area contributed by atoms with E-state index in [1.807, 2.05) is 0 Å². The second-order valence-corrected chi connectivity index (χ2v) is 4.32. The molecule has 0 aliphatic rings. The minimum Gasteiger partial charge on any atom is -0.478 e. The van der Waals surface area contributed by atoms with E-state index in [0.29, 0.717) is 65.2 Å². The molecule has 0 aromatic rings. The van der Waals surface area contributed by atoms with Gasteiger partial charge >= 0.3 is 11.9 Å². The molecule has 9 heteroatoms. The van der Waals surface area contributed by atoms with Crippen molar-refractivity contribution in [2.24, 2.45) is 5.73 Å². The van der Waals surface area contributed by atoms with Gasteiger partial charge in [0.05, 0.1) is 26.4 Å². The van der Waals surface area contributed by atoms with Crippen molar-refractivity contribution < 1.29 is 33.7 Å². The molecule has 9 nitrogen and oxygen atoms in total. The predicted octanol–water partition coefficient (Wildman–Crippen LogP) is -0.536. The zero-order chi connectivity index (χ0) is 17.2. The van der Waals surface area contributed by atoms with Gasteiger partial charge in [0.15, 0.2) is 0 Å². The first kappa shape index (κ1) is 21.5. The molecule has 0 rings (SSSR count). The Labute approximate surface area is 135 Å². The molecule has 23 heavy (non-hydrogen) atoms. The molecule has 0 fully saturated rings. The number of carbonyl (C=O) groups excluding carboxylic acids is 1. The maximum Gasteiger partial charge on any atom is 0.349 e. The summed E-state index contributed by atoms with van der Waals surface area (Å²) in [6, 6.07) is 0. The summed E-state index contributed by atoms with van der Waals surface area (Å²) in [7, 11) is 0. The number of ether oxygens (including phenoxy) is 3. The van der Waals surface area contributed by atoms with Crippen molar-refractivity contribution in [2.45, 2.75) is 12.8 Å². The molecule has 0 aliphatic carbocycles. The van der Waals surface area contributed by atoms with Gasteiger partial charge in [-0.2, -0.15) is 5.48 Å². The standard InChI is InChI=1S/C14H26N2O7/c15-5-1-7-20-9-11-22-12-10-21-8-2-6-16-23-14(19)4-3-13(17)18/h3-4,16H,1-2,5-12,15H2,(H,17,18). The highest BCUT2D eigenvalue weighted by molar-refractivity contribution is 5.90. The van der Waals surface area contributed by atoms with Gasteiger partial charge in [-0.3, -0.25) is 0 Å². The van der Waals surface area contributed by atoms with Crippen molar-refractivity contribution in [3.8, 4) is 0 Å². The summed E-state index contributed by atoms with van der Waals surface area (Å²) in [5, 5.41) is 8.30. The van der Waals surface area contributed by atoms with E-state index < -0.39 is 11.9 Å². The van der Waals surface area contributed by atoms with Gasteiger partial charge in [-0.1, -0.05) is 0 Å². The van der Waals surface area contributed by atoms with Crippen LogP contribution in [0.1, 0.15) is 12.8 Å². The van der Waals surface area contributed by atoms with E-state index in [4.69, 9.17) is 25.1 Å². The van der Waals surface area contributed by atoms with Crippen molar-refractivity contribution in [2.75, 3.05) is 52.7 Å². The lowest BCUT2D eigenvalue weighted by atomic mass is 10.5.